The zero-order valence-electron chi connectivity index (χ0n) is 14.7. The van der Waals surface area contributed by atoms with Crippen molar-refractivity contribution in [3.63, 3.8) is 0 Å². The van der Waals surface area contributed by atoms with E-state index in [9.17, 15) is 9.59 Å². The SMILES string of the molecule is CCN(C)COC(=O)Nc1ccc(NC(=O)OCN(C)CC)cc1. The summed E-state index contributed by atoms with van der Waals surface area (Å²) in [5, 5.41) is 5.22. The van der Waals surface area contributed by atoms with Gasteiger partial charge in [-0.25, -0.2) is 9.59 Å². The molecule has 0 saturated heterocycles. The molecule has 2 N–H and O–H groups in total. The van der Waals surface area contributed by atoms with Crippen molar-refractivity contribution in [2.24, 2.45) is 0 Å². The maximum absolute atomic E-state index is 11.6. The molecule has 0 aliphatic heterocycles. The number of carbonyl (C=O) groups is 2. The maximum Gasteiger partial charge on any atom is 0.412 e. The number of nitrogens with one attached hydrogen (secondary N) is 2. The van der Waals surface area contributed by atoms with Gasteiger partial charge in [0.15, 0.2) is 0 Å². The molecule has 0 bridgehead atoms. The van der Waals surface area contributed by atoms with Gasteiger partial charge in [-0.1, -0.05) is 13.8 Å². The standard InChI is InChI=1S/C16H26N4O4/c1-5-19(3)11-23-15(21)17-13-7-9-14(10-8-13)18-16(22)24-12-20(4)6-2/h7-10H,5-6,11-12H2,1-4H3,(H,17,21)(H,18,22). The van der Waals surface area contributed by atoms with Crippen LogP contribution in [0.4, 0.5) is 21.0 Å². The Kier molecular flexibility index (Phi) is 8.59. The summed E-state index contributed by atoms with van der Waals surface area (Å²) in [6.45, 7) is 5.96. The third-order valence-corrected chi connectivity index (χ3v) is 3.29. The number of rotatable bonds is 8. The van der Waals surface area contributed by atoms with Crippen molar-refractivity contribution in [3.05, 3.63) is 24.3 Å². The number of hydrogen-bond donors (Lipinski definition) is 2. The average molecular weight is 338 g/mol. The van der Waals surface area contributed by atoms with Gasteiger partial charge in [-0.2, -0.15) is 0 Å². The van der Waals surface area contributed by atoms with E-state index in [1.54, 1.807) is 24.3 Å². The molecule has 1 aromatic rings. The zero-order chi connectivity index (χ0) is 17.9. The first-order chi connectivity index (χ1) is 11.4. The van der Waals surface area contributed by atoms with E-state index in [-0.39, 0.29) is 13.5 Å². The van der Waals surface area contributed by atoms with Gasteiger partial charge in [-0.05, 0) is 51.5 Å². The third kappa shape index (κ3) is 7.80. The molecule has 1 rings (SSSR count). The fourth-order valence-corrected chi connectivity index (χ4v) is 1.46. The average Bonchev–Trinajstić information content (AvgIpc) is 2.59. The van der Waals surface area contributed by atoms with Gasteiger partial charge in [0.1, 0.15) is 13.5 Å². The van der Waals surface area contributed by atoms with Gasteiger partial charge >= 0.3 is 12.2 Å². The van der Waals surface area contributed by atoms with Gasteiger partial charge in [0.05, 0.1) is 0 Å². The van der Waals surface area contributed by atoms with E-state index in [1.165, 1.54) is 0 Å². The lowest BCUT2D eigenvalue weighted by atomic mass is 10.3. The minimum Gasteiger partial charge on any atom is -0.433 e. The highest BCUT2D eigenvalue weighted by Gasteiger charge is 2.07. The number of nitrogens with zero attached hydrogens (tertiary/aromatic N) is 2. The monoisotopic (exact) mass is 338 g/mol. The predicted molar refractivity (Wildman–Crippen MR) is 93.0 cm³/mol. The van der Waals surface area contributed by atoms with E-state index in [4.69, 9.17) is 9.47 Å². The van der Waals surface area contributed by atoms with Crippen LogP contribution >= 0.6 is 0 Å². The van der Waals surface area contributed by atoms with Gasteiger partial charge in [0.2, 0.25) is 0 Å². The minimum absolute atomic E-state index is 0.222. The maximum atomic E-state index is 11.6. The van der Waals surface area contributed by atoms with E-state index in [0.717, 1.165) is 13.1 Å². The van der Waals surface area contributed by atoms with E-state index >= 15 is 0 Å². The highest BCUT2D eigenvalue weighted by Crippen LogP contribution is 2.14. The summed E-state index contributed by atoms with van der Waals surface area (Å²) in [6, 6.07) is 6.66. The number of benzene rings is 1. The van der Waals surface area contributed by atoms with Crippen LogP contribution < -0.4 is 10.6 Å². The second kappa shape index (κ2) is 10.5. The Labute approximate surface area is 142 Å². The molecular formula is C16H26N4O4. The second-order valence-electron chi connectivity index (χ2n) is 5.29. The van der Waals surface area contributed by atoms with Crippen LogP contribution in [-0.4, -0.2) is 62.6 Å². The molecule has 8 nitrogen and oxygen atoms in total. The molecule has 0 radical (unpaired) electrons. The van der Waals surface area contributed by atoms with Crippen LogP contribution in [0, 0.1) is 0 Å². The molecular weight excluding hydrogens is 312 g/mol. The van der Waals surface area contributed by atoms with Crippen LogP contribution in [0.5, 0.6) is 0 Å². The summed E-state index contributed by atoms with van der Waals surface area (Å²) in [5.74, 6) is 0. The quantitative estimate of drug-likeness (QED) is 0.709. The lowest BCUT2D eigenvalue weighted by Gasteiger charge is -2.15. The Morgan fingerprint density at radius 1 is 0.833 bits per heavy atom. The predicted octanol–water partition coefficient (Wildman–Crippen LogP) is 2.60. The van der Waals surface area contributed by atoms with Crippen molar-refractivity contribution in [2.75, 3.05) is 51.3 Å². The molecule has 2 amide bonds. The normalized spacial score (nSPS) is 10.6. The van der Waals surface area contributed by atoms with Crippen molar-refractivity contribution in [3.8, 4) is 0 Å². The molecule has 0 aromatic heterocycles. The van der Waals surface area contributed by atoms with E-state index < -0.39 is 12.2 Å². The third-order valence-electron chi connectivity index (χ3n) is 3.29. The van der Waals surface area contributed by atoms with Crippen LogP contribution in [0.15, 0.2) is 24.3 Å². The lowest BCUT2D eigenvalue weighted by molar-refractivity contribution is 0.0958. The van der Waals surface area contributed by atoms with Gasteiger partial charge in [0, 0.05) is 11.4 Å². The smallest absolute Gasteiger partial charge is 0.412 e. The first kappa shape index (κ1) is 19.7. The molecule has 0 aliphatic rings. The van der Waals surface area contributed by atoms with Crippen molar-refractivity contribution in [1.29, 1.82) is 0 Å². The number of ether oxygens (including phenoxy) is 2. The van der Waals surface area contributed by atoms with Crippen molar-refractivity contribution in [2.45, 2.75) is 13.8 Å². The molecule has 24 heavy (non-hydrogen) atoms. The summed E-state index contributed by atoms with van der Waals surface area (Å²) in [6.07, 6.45) is -1.06. The van der Waals surface area contributed by atoms with Crippen LogP contribution in [0.25, 0.3) is 0 Å². The molecule has 0 saturated carbocycles. The fraction of sp³-hybridized carbons (Fsp3) is 0.500. The Bertz CT molecular complexity index is 474. The van der Waals surface area contributed by atoms with E-state index in [2.05, 4.69) is 10.6 Å². The Morgan fingerprint density at radius 3 is 1.46 bits per heavy atom. The number of amides is 2. The summed E-state index contributed by atoms with van der Waals surface area (Å²) in [4.78, 5) is 26.9. The largest absolute Gasteiger partial charge is 0.433 e. The van der Waals surface area contributed by atoms with Crippen LogP contribution in [0.2, 0.25) is 0 Å². The molecule has 0 fully saturated rings. The van der Waals surface area contributed by atoms with Crippen LogP contribution in [0.3, 0.4) is 0 Å². The van der Waals surface area contributed by atoms with Crippen molar-refractivity contribution in [1.82, 2.24) is 9.80 Å². The first-order valence-electron chi connectivity index (χ1n) is 7.79. The van der Waals surface area contributed by atoms with Gasteiger partial charge in [-0.3, -0.25) is 20.4 Å². The van der Waals surface area contributed by atoms with Crippen LogP contribution in [0.1, 0.15) is 13.8 Å². The molecule has 0 heterocycles. The lowest BCUT2D eigenvalue weighted by Crippen LogP contribution is -2.26. The minimum atomic E-state index is -0.530. The van der Waals surface area contributed by atoms with Crippen LogP contribution in [-0.2, 0) is 9.47 Å². The Hall–Kier alpha value is -2.32. The number of anilines is 2. The molecule has 0 atom stereocenters. The highest BCUT2D eigenvalue weighted by molar-refractivity contribution is 5.87. The molecule has 0 aliphatic carbocycles. The molecule has 0 unspecified atom stereocenters. The van der Waals surface area contributed by atoms with Gasteiger partial charge in [0.25, 0.3) is 0 Å². The molecule has 134 valence electrons. The molecule has 1 aromatic carbocycles. The van der Waals surface area contributed by atoms with Gasteiger partial charge in [-0.15, -0.1) is 0 Å². The summed E-state index contributed by atoms with van der Waals surface area (Å²) >= 11 is 0. The number of carbonyl (C=O) groups excluding carboxylic acids is 2. The second-order valence-corrected chi connectivity index (χ2v) is 5.29. The van der Waals surface area contributed by atoms with Crippen molar-refractivity contribution < 1.29 is 19.1 Å². The summed E-state index contributed by atoms with van der Waals surface area (Å²) < 4.78 is 10.1. The summed E-state index contributed by atoms with van der Waals surface area (Å²) in [7, 11) is 3.70. The van der Waals surface area contributed by atoms with E-state index in [1.807, 2.05) is 37.7 Å². The van der Waals surface area contributed by atoms with Gasteiger partial charge < -0.3 is 9.47 Å². The van der Waals surface area contributed by atoms with E-state index in [0.29, 0.717) is 11.4 Å². The fourth-order valence-electron chi connectivity index (χ4n) is 1.46. The van der Waals surface area contributed by atoms with Crippen molar-refractivity contribution >= 4 is 23.6 Å². The summed E-state index contributed by atoms with van der Waals surface area (Å²) in [5.41, 5.74) is 1.15. The highest BCUT2D eigenvalue weighted by atomic mass is 16.6. The molecule has 8 heteroatoms. The Balaban J connectivity index is 2.39. The Morgan fingerprint density at radius 2 is 1.17 bits per heavy atom. The first-order valence-corrected chi connectivity index (χ1v) is 7.79. The number of hydrogen-bond acceptors (Lipinski definition) is 6. The zero-order valence-corrected chi connectivity index (χ0v) is 14.7. The topological polar surface area (TPSA) is 83.1 Å². The molecule has 0 spiro atoms.